The van der Waals surface area contributed by atoms with Crippen LogP contribution in [0.5, 0.6) is 5.75 Å². The molecule has 0 aromatic heterocycles. The van der Waals surface area contributed by atoms with Gasteiger partial charge >= 0.3 is 11.9 Å². The zero-order valence-electron chi connectivity index (χ0n) is 12.9. The van der Waals surface area contributed by atoms with Gasteiger partial charge in [-0.25, -0.2) is 0 Å². The number of carbonyl (C=O) groups is 2. The van der Waals surface area contributed by atoms with Crippen LogP contribution in [0.2, 0.25) is 5.02 Å². The summed E-state index contributed by atoms with van der Waals surface area (Å²) < 4.78 is 10.3. The van der Waals surface area contributed by atoms with Gasteiger partial charge in [0, 0.05) is 5.02 Å². The van der Waals surface area contributed by atoms with E-state index in [0.29, 0.717) is 17.2 Å². The second-order valence-electron chi connectivity index (χ2n) is 4.66. The van der Waals surface area contributed by atoms with Crippen molar-refractivity contribution in [1.29, 1.82) is 0 Å². The number of carbonyl (C=O) groups excluding carboxylic acids is 2. The molecule has 1 aromatic rings. The van der Waals surface area contributed by atoms with Crippen molar-refractivity contribution in [3.63, 3.8) is 0 Å². The molecule has 118 valence electrons. The number of hydrogen-bond acceptors (Lipinski definition) is 4. The summed E-state index contributed by atoms with van der Waals surface area (Å²) in [6.45, 7) is 5.35. The first-order chi connectivity index (χ1) is 10.5. The Bertz CT molecular complexity index is 598. The minimum Gasteiger partial charge on any atom is -0.449 e. The summed E-state index contributed by atoms with van der Waals surface area (Å²) in [6.07, 6.45) is 0.109. The number of hydrogen-bond donors (Lipinski definition) is 0. The van der Waals surface area contributed by atoms with Crippen molar-refractivity contribution >= 4 is 23.5 Å². The Balaban J connectivity index is 2.45. The fourth-order valence-corrected chi connectivity index (χ4v) is 1.93. The molecule has 0 heterocycles. The van der Waals surface area contributed by atoms with Crippen LogP contribution in [0.4, 0.5) is 0 Å². The van der Waals surface area contributed by atoms with Crippen molar-refractivity contribution < 1.29 is 19.1 Å². The minimum atomic E-state index is -0.489. The number of esters is 2. The summed E-state index contributed by atoms with van der Waals surface area (Å²) >= 11 is 5.83. The molecule has 1 aromatic carbocycles. The van der Waals surface area contributed by atoms with Crippen molar-refractivity contribution in [3.05, 3.63) is 28.8 Å². The lowest BCUT2D eigenvalue weighted by Gasteiger charge is -2.10. The van der Waals surface area contributed by atoms with Crippen LogP contribution in [-0.2, 0) is 14.3 Å². The van der Waals surface area contributed by atoms with Crippen molar-refractivity contribution in [3.8, 4) is 17.6 Å². The quantitative estimate of drug-likeness (QED) is 0.455. The molecule has 0 saturated heterocycles. The van der Waals surface area contributed by atoms with E-state index in [1.165, 1.54) is 0 Å². The predicted molar refractivity (Wildman–Crippen MR) is 84.7 cm³/mol. The number of halogens is 1. The molecule has 0 radical (unpaired) electrons. The number of aryl methyl sites for hydroxylation is 1. The molecule has 1 rings (SSSR count). The van der Waals surface area contributed by atoms with E-state index in [1.807, 2.05) is 6.92 Å². The fraction of sp³-hybridized carbons (Fsp3) is 0.412. The molecular weight excluding hydrogens is 304 g/mol. The van der Waals surface area contributed by atoms with Crippen LogP contribution in [0.3, 0.4) is 0 Å². The van der Waals surface area contributed by atoms with E-state index in [4.69, 9.17) is 21.1 Å². The molecule has 5 heteroatoms. The lowest BCUT2D eigenvalue weighted by Crippen LogP contribution is -2.18. The Morgan fingerprint density at radius 2 is 1.95 bits per heavy atom. The third kappa shape index (κ3) is 6.19. The molecular formula is C17H19ClO4. The van der Waals surface area contributed by atoms with Crippen LogP contribution >= 0.6 is 11.6 Å². The van der Waals surface area contributed by atoms with Gasteiger partial charge in [0.25, 0.3) is 0 Å². The third-order valence-electron chi connectivity index (χ3n) is 2.84. The smallest absolute Gasteiger partial charge is 0.311 e. The van der Waals surface area contributed by atoms with Crippen LogP contribution < -0.4 is 4.74 Å². The lowest BCUT2D eigenvalue weighted by atomic mass is 10.2. The average Bonchev–Trinajstić information content (AvgIpc) is 2.47. The van der Waals surface area contributed by atoms with E-state index in [1.54, 1.807) is 32.0 Å². The van der Waals surface area contributed by atoms with E-state index >= 15 is 0 Å². The highest BCUT2D eigenvalue weighted by atomic mass is 35.5. The Labute approximate surface area is 135 Å². The van der Waals surface area contributed by atoms with Crippen LogP contribution in [0.15, 0.2) is 18.2 Å². The zero-order chi connectivity index (χ0) is 16.5. The highest BCUT2D eigenvalue weighted by Gasteiger charge is 2.14. The molecule has 0 amide bonds. The lowest BCUT2D eigenvalue weighted by molar-refractivity contribution is -0.149. The Kier molecular flexibility index (Phi) is 7.48. The fourth-order valence-electron chi connectivity index (χ4n) is 1.70. The van der Waals surface area contributed by atoms with E-state index in [2.05, 4.69) is 11.8 Å². The first-order valence-corrected chi connectivity index (χ1v) is 7.42. The van der Waals surface area contributed by atoms with Gasteiger partial charge in [-0.3, -0.25) is 9.59 Å². The molecule has 1 unspecified atom stereocenters. The predicted octanol–water partition coefficient (Wildman–Crippen LogP) is 3.68. The normalized spacial score (nSPS) is 11.1. The number of ether oxygens (including phenoxy) is 2. The molecule has 0 N–H and O–H groups in total. The molecule has 0 aliphatic carbocycles. The maximum Gasteiger partial charge on any atom is 0.311 e. The van der Waals surface area contributed by atoms with Crippen molar-refractivity contribution in [2.24, 2.45) is 0 Å². The van der Waals surface area contributed by atoms with Crippen LogP contribution in [-0.4, -0.2) is 18.0 Å². The van der Waals surface area contributed by atoms with E-state index < -0.39 is 18.0 Å². The van der Waals surface area contributed by atoms with Gasteiger partial charge in [-0.05, 0) is 44.0 Å². The summed E-state index contributed by atoms with van der Waals surface area (Å²) in [5.41, 5.74) is 0.757. The van der Waals surface area contributed by atoms with Gasteiger partial charge < -0.3 is 9.47 Å². The highest BCUT2D eigenvalue weighted by molar-refractivity contribution is 6.30. The Morgan fingerprint density at radius 3 is 2.55 bits per heavy atom. The molecule has 0 aliphatic rings. The summed E-state index contributed by atoms with van der Waals surface area (Å²) in [6, 6.07) is 4.96. The van der Waals surface area contributed by atoms with E-state index in [0.717, 1.165) is 5.56 Å². The van der Waals surface area contributed by atoms with Gasteiger partial charge in [-0.1, -0.05) is 24.4 Å². The molecule has 0 aliphatic heterocycles. The zero-order valence-corrected chi connectivity index (χ0v) is 13.7. The van der Waals surface area contributed by atoms with Gasteiger partial charge in [0.15, 0.2) is 6.10 Å². The summed E-state index contributed by atoms with van der Waals surface area (Å²) in [5, 5.41) is 0.573. The molecule has 1 atom stereocenters. The third-order valence-corrected chi connectivity index (χ3v) is 3.08. The second kappa shape index (κ2) is 9.11. The van der Waals surface area contributed by atoms with Gasteiger partial charge in [-0.15, -0.1) is 5.92 Å². The van der Waals surface area contributed by atoms with Gasteiger partial charge in [0.05, 0.1) is 12.8 Å². The Hall–Kier alpha value is -1.99. The maximum atomic E-state index is 11.7. The maximum absolute atomic E-state index is 11.7. The van der Waals surface area contributed by atoms with Crippen LogP contribution in [0.25, 0.3) is 0 Å². The largest absolute Gasteiger partial charge is 0.449 e. The molecule has 0 saturated carbocycles. The molecule has 0 spiro atoms. The summed E-state index contributed by atoms with van der Waals surface area (Å²) in [4.78, 5) is 23.4. The summed E-state index contributed by atoms with van der Waals surface area (Å²) in [5.74, 6) is 4.97. The van der Waals surface area contributed by atoms with Crippen molar-refractivity contribution in [2.45, 2.75) is 46.1 Å². The molecule has 0 bridgehead atoms. The van der Waals surface area contributed by atoms with Crippen molar-refractivity contribution in [2.75, 3.05) is 0 Å². The van der Waals surface area contributed by atoms with E-state index in [-0.39, 0.29) is 12.8 Å². The van der Waals surface area contributed by atoms with Gasteiger partial charge in [0.1, 0.15) is 5.75 Å². The average molecular weight is 323 g/mol. The molecule has 4 nitrogen and oxygen atoms in total. The minimum absolute atomic E-state index is 0.0344. The highest BCUT2D eigenvalue weighted by Crippen LogP contribution is 2.22. The first kappa shape index (κ1) is 18.1. The first-order valence-electron chi connectivity index (χ1n) is 7.04. The second-order valence-corrected chi connectivity index (χ2v) is 5.10. The monoisotopic (exact) mass is 322 g/mol. The Morgan fingerprint density at radius 1 is 1.27 bits per heavy atom. The van der Waals surface area contributed by atoms with Crippen LogP contribution in [0.1, 0.15) is 38.7 Å². The van der Waals surface area contributed by atoms with E-state index in [9.17, 15) is 9.59 Å². The number of rotatable bonds is 6. The molecule has 0 fully saturated rings. The molecule has 22 heavy (non-hydrogen) atoms. The SMILES string of the molecule is CC#CC(CC)OC(=O)CCC(=O)Oc1ccc(Cl)cc1C. The topological polar surface area (TPSA) is 52.6 Å². The summed E-state index contributed by atoms with van der Waals surface area (Å²) in [7, 11) is 0. The van der Waals surface area contributed by atoms with Crippen LogP contribution in [0, 0.1) is 18.8 Å². The van der Waals surface area contributed by atoms with Gasteiger partial charge in [-0.2, -0.15) is 0 Å². The number of benzene rings is 1. The van der Waals surface area contributed by atoms with Crippen molar-refractivity contribution in [1.82, 2.24) is 0 Å². The van der Waals surface area contributed by atoms with Gasteiger partial charge in [0.2, 0.25) is 0 Å². The standard InChI is InChI=1S/C17H19ClO4/c1-4-6-14(5-2)21-16(19)9-10-17(20)22-15-8-7-13(18)11-12(15)3/h7-8,11,14H,5,9-10H2,1-3H3.